The van der Waals surface area contributed by atoms with Crippen molar-refractivity contribution in [3.05, 3.63) is 12.7 Å². The number of rotatable bonds is 6. The van der Waals surface area contributed by atoms with Gasteiger partial charge in [0.25, 0.3) is 0 Å². The van der Waals surface area contributed by atoms with Gasteiger partial charge in [-0.2, -0.15) is 0 Å². The van der Waals surface area contributed by atoms with E-state index < -0.39 is 0 Å². The van der Waals surface area contributed by atoms with Crippen molar-refractivity contribution in [3.8, 4) is 0 Å². The highest BCUT2D eigenvalue weighted by Crippen LogP contribution is 2.67. The second kappa shape index (κ2) is 6.93. The zero-order chi connectivity index (χ0) is 17.3. The Bertz CT molecular complexity index is 410. The average Bonchev–Trinajstić information content (AvgIpc) is 2.49. The number of allylic oxidation sites excluding steroid dienone is 1. The average molecular weight is 319 g/mol. The van der Waals surface area contributed by atoms with E-state index in [-0.39, 0.29) is 0 Å². The summed E-state index contributed by atoms with van der Waals surface area (Å²) in [5.74, 6) is 2.63. The van der Waals surface area contributed by atoms with Crippen molar-refractivity contribution < 1.29 is 0 Å². The van der Waals surface area contributed by atoms with E-state index in [1.165, 1.54) is 57.8 Å². The number of hydrogen-bond acceptors (Lipinski definition) is 0. The Balaban J connectivity index is 2.36. The molecular formula is C23H42. The Hall–Kier alpha value is -0.260. The lowest BCUT2D eigenvalue weighted by Crippen LogP contribution is -2.57. The van der Waals surface area contributed by atoms with Crippen molar-refractivity contribution in [2.75, 3.05) is 0 Å². The summed E-state index contributed by atoms with van der Waals surface area (Å²) in [4.78, 5) is 0. The quantitative estimate of drug-likeness (QED) is 0.441. The molecule has 2 aliphatic carbocycles. The van der Waals surface area contributed by atoms with E-state index >= 15 is 0 Å². The van der Waals surface area contributed by atoms with Crippen LogP contribution in [0.15, 0.2) is 12.7 Å². The molecule has 2 rings (SSSR count). The van der Waals surface area contributed by atoms with Crippen molar-refractivity contribution in [1.82, 2.24) is 0 Å². The van der Waals surface area contributed by atoms with Crippen LogP contribution >= 0.6 is 0 Å². The van der Waals surface area contributed by atoms with Gasteiger partial charge in [0.2, 0.25) is 0 Å². The van der Waals surface area contributed by atoms with E-state index in [0.29, 0.717) is 16.2 Å². The van der Waals surface area contributed by atoms with Crippen molar-refractivity contribution in [2.45, 2.75) is 99.3 Å². The lowest BCUT2D eigenvalue weighted by Gasteiger charge is -2.65. The highest BCUT2D eigenvalue weighted by atomic mass is 14.6. The fourth-order valence-electron chi connectivity index (χ4n) is 7.11. The van der Waals surface area contributed by atoms with Crippen molar-refractivity contribution in [1.29, 1.82) is 0 Å². The lowest BCUT2D eigenvalue weighted by molar-refractivity contribution is -0.154. The molecule has 0 spiro atoms. The Kier molecular flexibility index (Phi) is 5.74. The molecule has 0 saturated heterocycles. The molecule has 0 N–H and O–H groups in total. The molecule has 0 heterocycles. The summed E-state index contributed by atoms with van der Waals surface area (Å²) in [6.45, 7) is 19.3. The molecule has 0 bridgehead atoms. The van der Waals surface area contributed by atoms with E-state index in [1.54, 1.807) is 0 Å². The second-order valence-electron chi connectivity index (χ2n) is 9.74. The monoisotopic (exact) mass is 318 g/mol. The Morgan fingerprint density at radius 2 is 1.65 bits per heavy atom. The molecule has 2 aliphatic rings. The van der Waals surface area contributed by atoms with Crippen molar-refractivity contribution >= 4 is 0 Å². The first-order valence-electron chi connectivity index (χ1n) is 10.4. The third-order valence-electron chi connectivity index (χ3n) is 8.66. The molecule has 6 unspecified atom stereocenters. The largest absolute Gasteiger partial charge is 0.103 e. The van der Waals surface area contributed by atoms with Gasteiger partial charge in [-0.05, 0) is 78.9 Å². The molecule has 2 saturated carbocycles. The van der Waals surface area contributed by atoms with Crippen LogP contribution in [0.2, 0.25) is 0 Å². The minimum atomic E-state index is 0.526. The van der Waals surface area contributed by atoms with Crippen LogP contribution < -0.4 is 0 Å². The van der Waals surface area contributed by atoms with Gasteiger partial charge in [0.15, 0.2) is 0 Å². The predicted molar refractivity (Wildman–Crippen MR) is 104 cm³/mol. The number of hydrogen-bond donors (Lipinski definition) is 0. The molecule has 0 radical (unpaired) electrons. The zero-order valence-corrected chi connectivity index (χ0v) is 16.9. The summed E-state index contributed by atoms with van der Waals surface area (Å²) in [7, 11) is 0. The molecule has 134 valence electrons. The Labute approximate surface area is 146 Å². The first-order chi connectivity index (χ1) is 10.8. The second-order valence-corrected chi connectivity index (χ2v) is 9.74. The minimum Gasteiger partial charge on any atom is -0.103 e. The van der Waals surface area contributed by atoms with Crippen LogP contribution in [0, 0.1) is 34.0 Å². The van der Waals surface area contributed by atoms with Gasteiger partial charge in [0.1, 0.15) is 0 Å². The molecule has 23 heavy (non-hydrogen) atoms. The number of fused-ring (bicyclic) bond motifs is 1. The van der Waals surface area contributed by atoms with Crippen LogP contribution in [0.4, 0.5) is 0 Å². The van der Waals surface area contributed by atoms with Gasteiger partial charge in [-0.3, -0.25) is 0 Å². The summed E-state index contributed by atoms with van der Waals surface area (Å²) in [5.41, 5.74) is 1.64. The van der Waals surface area contributed by atoms with E-state index in [4.69, 9.17) is 0 Å². The van der Waals surface area contributed by atoms with Gasteiger partial charge in [0.05, 0.1) is 0 Å². The molecule has 0 nitrogen and oxygen atoms in total. The lowest BCUT2D eigenvalue weighted by atomic mass is 9.40. The van der Waals surface area contributed by atoms with Crippen LogP contribution in [0.5, 0.6) is 0 Å². The topological polar surface area (TPSA) is 0 Å². The normalized spacial score (nSPS) is 47.1. The van der Waals surface area contributed by atoms with E-state index in [0.717, 1.165) is 17.8 Å². The summed E-state index contributed by atoms with van der Waals surface area (Å²) in [6, 6.07) is 0. The van der Waals surface area contributed by atoms with Crippen LogP contribution in [0.3, 0.4) is 0 Å². The van der Waals surface area contributed by atoms with Gasteiger partial charge < -0.3 is 0 Å². The van der Waals surface area contributed by atoms with Crippen LogP contribution in [0.25, 0.3) is 0 Å². The summed E-state index contributed by atoms with van der Waals surface area (Å²) < 4.78 is 0. The zero-order valence-electron chi connectivity index (χ0n) is 16.9. The first-order valence-corrected chi connectivity index (χ1v) is 10.4. The van der Waals surface area contributed by atoms with Crippen LogP contribution in [0.1, 0.15) is 99.3 Å². The highest BCUT2D eigenvalue weighted by Gasteiger charge is 2.59. The maximum Gasteiger partial charge on any atom is -0.0261 e. The third kappa shape index (κ3) is 3.05. The Morgan fingerprint density at radius 3 is 2.22 bits per heavy atom. The smallest absolute Gasteiger partial charge is 0.0261 e. The van der Waals surface area contributed by atoms with E-state index in [9.17, 15) is 0 Å². The van der Waals surface area contributed by atoms with Crippen LogP contribution in [-0.4, -0.2) is 0 Å². The highest BCUT2D eigenvalue weighted by molar-refractivity contribution is 5.09. The maximum absolute atomic E-state index is 4.06. The predicted octanol–water partition coefficient (Wildman–Crippen LogP) is 7.64. The fraction of sp³-hybridized carbons (Fsp3) is 0.913. The van der Waals surface area contributed by atoms with E-state index in [1.807, 2.05) is 0 Å². The van der Waals surface area contributed by atoms with Gasteiger partial charge in [0, 0.05) is 0 Å². The van der Waals surface area contributed by atoms with E-state index in [2.05, 4.69) is 54.2 Å². The van der Waals surface area contributed by atoms with Crippen molar-refractivity contribution in [2.24, 2.45) is 34.0 Å². The molecule has 0 heteroatoms. The molecule has 0 amide bonds. The Morgan fingerprint density at radius 1 is 1.00 bits per heavy atom. The molecule has 6 atom stereocenters. The molecule has 0 aromatic carbocycles. The standard InChI is InChI=1S/C23H42/c1-8-11-19-12-17-22(6)18(4)21(5,14-9-2)16-13-20(22)23(19,7)15-10-3/h8,18-20H,1,9-17H2,2-7H3. The summed E-state index contributed by atoms with van der Waals surface area (Å²) >= 11 is 0. The van der Waals surface area contributed by atoms with Gasteiger partial charge >= 0.3 is 0 Å². The molecule has 0 aliphatic heterocycles. The fourth-order valence-corrected chi connectivity index (χ4v) is 7.11. The summed E-state index contributed by atoms with van der Waals surface area (Å²) in [5, 5.41) is 0. The SMILES string of the molecule is C=CCC1CCC2(C)C(C)C(C)(CCC)CCC2C1(C)CCC. The van der Waals surface area contributed by atoms with Crippen LogP contribution in [-0.2, 0) is 0 Å². The molecule has 0 aromatic rings. The maximum atomic E-state index is 4.06. The summed E-state index contributed by atoms with van der Waals surface area (Å²) in [6.07, 6.45) is 14.7. The minimum absolute atomic E-state index is 0.526. The molecular weight excluding hydrogens is 276 g/mol. The van der Waals surface area contributed by atoms with Gasteiger partial charge in [-0.15, -0.1) is 6.58 Å². The molecule has 2 fully saturated rings. The third-order valence-corrected chi connectivity index (χ3v) is 8.66. The molecule has 0 aromatic heterocycles. The van der Waals surface area contributed by atoms with Gasteiger partial charge in [-0.25, -0.2) is 0 Å². The first kappa shape index (κ1) is 19.1. The van der Waals surface area contributed by atoms with Gasteiger partial charge in [-0.1, -0.05) is 60.5 Å². The van der Waals surface area contributed by atoms with Crippen molar-refractivity contribution in [3.63, 3.8) is 0 Å².